The minimum absolute atomic E-state index is 0.373. The van der Waals surface area contributed by atoms with Crippen molar-refractivity contribution in [3.05, 3.63) is 0 Å². The average Bonchev–Trinajstić information content (AvgIpc) is 2.43. The largest absolute Gasteiger partial charge is 0.480 e. The molecule has 19 heavy (non-hydrogen) atoms. The number of nitrogens with two attached hydrogens (primary N) is 1. The molecule has 0 amide bonds. The summed E-state index contributed by atoms with van der Waals surface area (Å²) in [7, 11) is 0. The van der Waals surface area contributed by atoms with Crippen molar-refractivity contribution >= 4 is 5.97 Å². The smallest absolute Gasteiger partial charge is 0.323 e. The highest BCUT2D eigenvalue weighted by atomic mass is 16.5. The Hall–Kier alpha value is -0.610. The van der Waals surface area contributed by atoms with Crippen LogP contribution in [-0.4, -0.2) is 29.3 Å². The lowest BCUT2D eigenvalue weighted by atomic mass is 9.84. The van der Waals surface area contributed by atoms with Gasteiger partial charge in [0.2, 0.25) is 0 Å². The van der Waals surface area contributed by atoms with Crippen molar-refractivity contribution in [1.29, 1.82) is 0 Å². The van der Waals surface area contributed by atoms with Gasteiger partial charge in [0.05, 0.1) is 6.10 Å². The van der Waals surface area contributed by atoms with E-state index in [2.05, 4.69) is 6.92 Å². The molecule has 0 heterocycles. The first kappa shape index (κ1) is 16.4. The van der Waals surface area contributed by atoms with Crippen molar-refractivity contribution in [2.24, 2.45) is 11.7 Å². The molecular formula is C15H29NO3. The van der Waals surface area contributed by atoms with E-state index < -0.39 is 11.5 Å². The molecule has 3 N–H and O–H groups in total. The number of aliphatic carboxylic acids is 1. The van der Waals surface area contributed by atoms with E-state index in [1.54, 1.807) is 0 Å². The highest BCUT2D eigenvalue weighted by Crippen LogP contribution is 2.29. The lowest BCUT2D eigenvalue weighted by Gasteiger charge is -2.31. The maximum absolute atomic E-state index is 11.1. The van der Waals surface area contributed by atoms with Crippen LogP contribution in [0.1, 0.15) is 65.2 Å². The van der Waals surface area contributed by atoms with Crippen LogP contribution in [0.3, 0.4) is 0 Å². The summed E-state index contributed by atoms with van der Waals surface area (Å²) >= 11 is 0. The van der Waals surface area contributed by atoms with Crippen LogP contribution in [0, 0.1) is 5.92 Å². The fourth-order valence-corrected chi connectivity index (χ4v) is 2.92. The van der Waals surface area contributed by atoms with E-state index in [9.17, 15) is 4.79 Å². The first-order chi connectivity index (χ1) is 9.03. The third-order valence-electron chi connectivity index (χ3n) is 4.52. The Balaban J connectivity index is 2.28. The fourth-order valence-electron chi connectivity index (χ4n) is 2.92. The Kier molecular flexibility index (Phi) is 6.80. The maximum Gasteiger partial charge on any atom is 0.323 e. The van der Waals surface area contributed by atoms with Crippen molar-refractivity contribution in [3.8, 4) is 0 Å². The van der Waals surface area contributed by atoms with E-state index in [0.717, 1.165) is 12.8 Å². The van der Waals surface area contributed by atoms with Gasteiger partial charge in [-0.1, -0.05) is 33.1 Å². The Morgan fingerprint density at radius 1 is 1.37 bits per heavy atom. The highest BCUT2D eigenvalue weighted by Gasteiger charge is 2.31. The van der Waals surface area contributed by atoms with E-state index in [1.807, 2.05) is 6.92 Å². The summed E-state index contributed by atoms with van der Waals surface area (Å²) in [5.74, 6) is -0.221. The Labute approximate surface area is 116 Å². The summed E-state index contributed by atoms with van der Waals surface area (Å²) in [6, 6.07) is 0. The molecule has 0 aliphatic heterocycles. The molecule has 0 aromatic heterocycles. The third kappa shape index (κ3) is 4.77. The molecule has 4 nitrogen and oxygen atoms in total. The molecule has 0 aromatic carbocycles. The summed E-state index contributed by atoms with van der Waals surface area (Å²) in [6.45, 7) is 4.68. The first-order valence-electron chi connectivity index (χ1n) is 7.67. The fraction of sp³-hybridized carbons (Fsp3) is 0.933. The molecule has 1 fully saturated rings. The molecule has 0 aromatic rings. The molecule has 0 spiro atoms. The second-order valence-corrected chi connectivity index (χ2v) is 5.78. The van der Waals surface area contributed by atoms with E-state index in [-0.39, 0.29) is 0 Å². The molecule has 112 valence electrons. The van der Waals surface area contributed by atoms with E-state index in [0.29, 0.717) is 31.5 Å². The van der Waals surface area contributed by atoms with Crippen molar-refractivity contribution in [2.75, 3.05) is 6.61 Å². The minimum Gasteiger partial charge on any atom is -0.480 e. The number of carbonyl (C=O) groups is 1. The van der Waals surface area contributed by atoms with Crippen LogP contribution in [0.15, 0.2) is 0 Å². The van der Waals surface area contributed by atoms with Gasteiger partial charge in [-0.25, -0.2) is 0 Å². The zero-order valence-corrected chi connectivity index (χ0v) is 12.4. The number of hydrogen-bond acceptors (Lipinski definition) is 3. The van der Waals surface area contributed by atoms with Crippen molar-refractivity contribution in [1.82, 2.24) is 0 Å². The molecule has 1 aliphatic rings. The van der Waals surface area contributed by atoms with Gasteiger partial charge in [0, 0.05) is 6.61 Å². The van der Waals surface area contributed by atoms with E-state index >= 15 is 0 Å². The number of hydrogen-bond donors (Lipinski definition) is 2. The van der Waals surface area contributed by atoms with Crippen molar-refractivity contribution in [2.45, 2.75) is 76.9 Å². The predicted molar refractivity (Wildman–Crippen MR) is 76.1 cm³/mol. The molecule has 1 rings (SSSR count). The van der Waals surface area contributed by atoms with Crippen LogP contribution in [-0.2, 0) is 9.53 Å². The normalized spacial score (nSPS) is 26.9. The van der Waals surface area contributed by atoms with Gasteiger partial charge >= 0.3 is 5.97 Å². The second-order valence-electron chi connectivity index (χ2n) is 5.78. The van der Waals surface area contributed by atoms with E-state index in [1.165, 1.54) is 25.7 Å². The second kappa shape index (κ2) is 7.85. The summed E-state index contributed by atoms with van der Waals surface area (Å²) in [5, 5.41) is 9.09. The molecule has 1 aliphatic carbocycles. The highest BCUT2D eigenvalue weighted by molar-refractivity contribution is 5.78. The molecule has 3 atom stereocenters. The standard InChI is InChI=1S/C15H29NO3/c1-3-12-8-5-6-9-13(12)19-11-7-10-15(16,4-2)14(17)18/h12-13H,3-11,16H2,1-2H3,(H,17,18). The van der Waals surface area contributed by atoms with Crippen LogP contribution < -0.4 is 5.73 Å². The lowest BCUT2D eigenvalue weighted by molar-refractivity contribution is -0.144. The Bertz CT molecular complexity index is 283. The van der Waals surface area contributed by atoms with Gasteiger partial charge in [0.1, 0.15) is 5.54 Å². The minimum atomic E-state index is -1.08. The average molecular weight is 271 g/mol. The quantitative estimate of drug-likeness (QED) is 0.666. The molecule has 1 saturated carbocycles. The van der Waals surface area contributed by atoms with Gasteiger partial charge in [-0.05, 0) is 38.0 Å². The number of carboxylic acid groups (broad SMARTS) is 1. The summed E-state index contributed by atoms with van der Waals surface area (Å²) in [4.78, 5) is 11.1. The van der Waals surface area contributed by atoms with Gasteiger partial charge < -0.3 is 15.6 Å². The van der Waals surface area contributed by atoms with Crippen LogP contribution >= 0.6 is 0 Å². The zero-order valence-electron chi connectivity index (χ0n) is 12.4. The van der Waals surface area contributed by atoms with Crippen LogP contribution in [0.5, 0.6) is 0 Å². The van der Waals surface area contributed by atoms with E-state index in [4.69, 9.17) is 15.6 Å². The van der Waals surface area contributed by atoms with Gasteiger partial charge in [-0.2, -0.15) is 0 Å². The summed E-state index contributed by atoms with van der Waals surface area (Å²) in [5.41, 5.74) is 4.77. The Morgan fingerprint density at radius 2 is 2.05 bits per heavy atom. The number of ether oxygens (including phenoxy) is 1. The molecule has 0 bridgehead atoms. The maximum atomic E-state index is 11.1. The van der Waals surface area contributed by atoms with Crippen LogP contribution in [0.25, 0.3) is 0 Å². The summed E-state index contributed by atoms with van der Waals surface area (Å²) in [6.07, 6.45) is 8.22. The monoisotopic (exact) mass is 271 g/mol. The van der Waals surface area contributed by atoms with Crippen LogP contribution in [0.2, 0.25) is 0 Å². The van der Waals surface area contributed by atoms with Gasteiger partial charge in [0.25, 0.3) is 0 Å². The van der Waals surface area contributed by atoms with Crippen LogP contribution in [0.4, 0.5) is 0 Å². The Morgan fingerprint density at radius 3 is 2.63 bits per heavy atom. The third-order valence-corrected chi connectivity index (χ3v) is 4.52. The first-order valence-corrected chi connectivity index (χ1v) is 7.67. The van der Waals surface area contributed by atoms with Crippen molar-refractivity contribution < 1.29 is 14.6 Å². The molecular weight excluding hydrogens is 242 g/mol. The molecule has 3 unspecified atom stereocenters. The molecule has 4 heteroatoms. The van der Waals surface area contributed by atoms with Gasteiger partial charge in [-0.3, -0.25) is 4.79 Å². The number of carboxylic acids is 1. The van der Waals surface area contributed by atoms with Crippen molar-refractivity contribution in [3.63, 3.8) is 0 Å². The SMILES string of the molecule is CCC1CCCCC1OCCCC(N)(CC)C(=O)O. The summed E-state index contributed by atoms with van der Waals surface area (Å²) < 4.78 is 5.96. The zero-order chi connectivity index (χ0) is 14.3. The lowest BCUT2D eigenvalue weighted by Crippen LogP contribution is -2.47. The molecule has 0 saturated heterocycles. The van der Waals surface area contributed by atoms with Gasteiger partial charge in [0.15, 0.2) is 0 Å². The number of rotatable bonds is 8. The van der Waals surface area contributed by atoms with Gasteiger partial charge in [-0.15, -0.1) is 0 Å². The topological polar surface area (TPSA) is 72.5 Å². The predicted octanol–water partition coefficient (Wildman–Crippen LogP) is 2.94. The molecule has 0 radical (unpaired) electrons.